The summed E-state index contributed by atoms with van der Waals surface area (Å²) < 4.78 is 36.1. The summed E-state index contributed by atoms with van der Waals surface area (Å²) in [5, 5.41) is 7.08. The van der Waals surface area contributed by atoms with Gasteiger partial charge in [-0.25, -0.2) is 18.4 Å². The fourth-order valence-corrected chi connectivity index (χ4v) is 5.67. The van der Waals surface area contributed by atoms with Crippen LogP contribution in [0.5, 0.6) is 11.5 Å². The predicted molar refractivity (Wildman–Crippen MR) is 161 cm³/mol. The van der Waals surface area contributed by atoms with E-state index in [1.165, 1.54) is 13.2 Å². The van der Waals surface area contributed by atoms with Crippen molar-refractivity contribution in [2.75, 3.05) is 7.11 Å². The quantitative estimate of drug-likeness (QED) is 0.147. The summed E-state index contributed by atoms with van der Waals surface area (Å²) in [5.41, 5.74) is 2.41. The molecule has 0 aliphatic rings. The Labute approximate surface area is 245 Å². The van der Waals surface area contributed by atoms with Gasteiger partial charge in [0.25, 0.3) is 0 Å². The van der Waals surface area contributed by atoms with Crippen molar-refractivity contribution in [1.29, 1.82) is 0 Å². The number of ketones is 1. The van der Waals surface area contributed by atoms with Crippen LogP contribution in [-0.2, 0) is 21.2 Å². The van der Waals surface area contributed by atoms with Crippen molar-refractivity contribution in [1.82, 2.24) is 0 Å². The molecule has 5 aromatic carbocycles. The second-order valence-electron chi connectivity index (χ2n) is 9.26. The zero-order chi connectivity index (χ0) is 29.1. The van der Waals surface area contributed by atoms with Crippen LogP contribution in [0, 0.1) is 0 Å². The first-order valence-electron chi connectivity index (χ1n) is 12.5. The van der Waals surface area contributed by atoms with E-state index in [4.69, 9.17) is 14.6 Å². The molecular formula is C32H24BrNO6S. The maximum atomic E-state index is 13.3. The number of halogens is 1. The number of esters is 1. The highest BCUT2D eigenvalue weighted by Crippen LogP contribution is 2.34. The Morgan fingerprint density at radius 3 is 2.24 bits per heavy atom. The maximum absolute atomic E-state index is 13.3. The number of methoxy groups -OCH3 is 1. The second-order valence-corrected chi connectivity index (χ2v) is 11.7. The number of fused-ring (bicyclic) bond motifs is 1. The summed E-state index contributed by atoms with van der Waals surface area (Å²) in [4.78, 5) is 25.9. The van der Waals surface area contributed by atoms with E-state index >= 15 is 0 Å². The number of nitrogens with two attached hydrogens (primary N) is 1. The number of rotatable bonds is 8. The summed E-state index contributed by atoms with van der Waals surface area (Å²) in [6.07, 6.45) is 0.0391. The van der Waals surface area contributed by atoms with Crippen molar-refractivity contribution in [2.45, 2.75) is 11.3 Å². The molecule has 5 rings (SSSR count). The van der Waals surface area contributed by atoms with Gasteiger partial charge in [-0.2, -0.15) is 0 Å². The van der Waals surface area contributed by atoms with Crippen LogP contribution in [0.2, 0.25) is 0 Å². The number of Topliss-reactive ketones (excluding diaryl/α,β-unsaturated/α-hetero) is 1. The van der Waals surface area contributed by atoms with Gasteiger partial charge in [0.2, 0.25) is 10.0 Å². The number of sulfonamides is 1. The summed E-state index contributed by atoms with van der Waals surface area (Å²) >= 11 is 3.45. The van der Waals surface area contributed by atoms with Gasteiger partial charge in [-0.05, 0) is 52.7 Å². The fraction of sp³-hybridized carbons (Fsp3) is 0.0625. The molecule has 0 aromatic heterocycles. The van der Waals surface area contributed by atoms with Crippen LogP contribution in [0.1, 0.15) is 26.3 Å². The smallest absolute Gasteiger partial charge is 0.341 e. The third-order valence-corrected chi connectivity index (χ3v) is 8.02. The molecular weight excluding hydrogens is 606 g/mol. The summed E-state index contributed by atoms with van der Waals surface area (Å²) in [7, 11) is -2.61. The minimum Gasteiger partial charge on any atom is -0.465 e. The molecule has 0 bridgehead atoms. The third-order valence-electron chi connectivity index (χ3n) is 6.56. The Hall–Kier alpha value is -4.31. The Bertz CT molecular complexity index is 1900. The van der Waals surface area contributed by atoms with Crippen molar-refractivity contribution in [3.8, 4) is 22.6 Å². The van der Waals surface area contributed by atoms with Crippen molar-refractivity contribution < 1.29 is 27.5 Å². The van der Waals surface area contributed by atoms with Crippen LogP contribution < -0.4 is 9.88 Å². The Morgan fingerprint density at radius 2 is 1.51 bits per heavy atom. The maximum Gasteiger partial charge on any atom is 0.341 e. The molecule has 0 saturated heterocycles. The molecule has 206 valence electrons. The monoisotopic (exact) mass is 629 g/mol. The first-order valence-corrected chi connectivity index (χ1v) is 14.8. The molecule has 0 amide bonds. The van der Waals surface area contributed by atoms with E-state index in [-0.39, 0.29) is 22.7 Å². The molecule has 0 radical (unpaired) electrons. The zero-order valence-corrected chi connectivity index (χ0v) is 24.2. The number of hydrogen-bond acceptors (Lipinski definition) is 6. The lowest BCUT2D eigenvalue weighted by molar-refractivity contribution is 0.0598. The summed E-state index contributed by atoms with van der Waals surface area (Å²) in [5.74, 6) is 0.0361. The molecule has 2 N–H and O–H groups in total. The summed E-state index contributed by atoms with van der Waals surface area (Å²) in [6, 6.07) is 29.4. The number of carbonyl (C=O) groups is 2. The zero-order valence-electron chi connectivity index (χ0n) is 21.8. The first kappa shape index (κ1) is 28.2. The van der Waals surface area contributed by atoms with Crippen LogP contribution in [0.4, 0.5) is 0 Å². The van der Waals surface area contributed by atoms with Gasteiger partial charge in [0.15, 0.2) is 5.78 Å². The van der Waals surface area contributed by atoms with Crippen molar-refractivity contribution in [2.24, 2.45) is 5.14 Å². The molecule has 41 heavy (non-hydrogen) atoms. The molecule has 0 unspecified atom stereocenters. The molecule has 0 saturated carbocycles. The van der Waals surface area contributed by atoms with Gasteiger partial charge < -0.3 is 9.47 Å². The molecule has 5 aromatic rings. The van der Waals surface area contributed by atoms with Crippen LogP contribution in [0.3, 0.4) is 0 Å². The van der Waals surface area contributed by atoms with Gasteiger partial charge in [0, 0.05) is 27.6 Å². The topological polar surface area (TPSA) is 113 Å². The van der Waals surface area contributed by atoms with Crippen LogP contribution in [-0.4, -0.2) is 27.3 Å². The van der Waals surface area contributed by atoms with Crippen molar-refractivity contribution >= 4 is 48.5 Å². The van der Waals surface area contributed by atoms with Gasteiger partial charge in [-0.3, -0.25) is 4.79 Å². The minimum absolute atomic E-state index is 0.0119. The number of benzene rings is 5. The number of hydrogen-bond donors (Lipinski definition) is 1. The average Bonchev–Trinajstić information content (AvgIpc) is 2.97. The summed E-state index contributed by atoms with van der Waals surface area (Å²) in [6.45, 7) is 0. The normalized spacial score (nSPS) is 11.3. The molecule has 7 nitrogen and oxygen atoms in total. The van der Waals surface area contributed by atoms with E-state index in [9.17, 15) is 18.0 Å². The van der Waals surface area contributed by atoms with Gasteiger partial charge in [0.05, 0.1) is 12.0 Å². The molecule has 0 atom stereocenters. The number of para-hydroxylation sites is 1. The van der Waals surface area contributed by atoms with Gasteiger partial charge >= 0.3 is 5.97 Å². The Balaban J connectivity index is 1.42. The molecule has 9 heteroatoms. The van der Waals surface area contributed by atoms with E-state index in [1.807, 2.05) is 24.3 Å². The largest absolute Gasteiger partial charge is 0.465 e. The van der Waals surface area contributed by atoms with Crippen molar-refractivity contribution in [3.05, 3.63) is 124 Å². The van der Waals surface area contributed by atoms with E-state index in [0.29, 0.717) is 33.8 Å². The van der Waals surface area contributed by atoms with Crippen molar-refractivity contribution in [3.63, 3.8) is 0 Å². The lowest BCUT2D eigenvalue weighted by Gasteiger charge is -2.15. The Morgan fingerprint density at radius 1 is 0.805 bits per heavy atom. The molecule has 0 aliphatic heterocycles. The number of ether oxygens (including phenoxy) is 2. The number of carbonyl (C=O) groups excluding carboxylic acids is 2. The van der Waals surface area contributed by atoms with Gasteiger partial charge in [-0.1, -0.05) is 82.7 Å². The molecule has 0 aliphatic carbocycles. The van der Waals surface area contributed by atoms with Gasteiger partial charge in [0.1, 0.15) is 17.1 Å². The average molecular weight is 631 g/mol. The molecule has 0 heterocycles. The van der Waals surface area contributed by atoms with E-state index < -0.39 is 16.0 Å². The predicted octanol–water partition coefficient (Wildman–Crippen LogP) is 6.92. The van der Waals surface area contributed by atoms with E-state index in [0.717, 1.165) is 15.2 Å². The third kappa shape index (κ3) is 6.22. The fourth-order valence-electron chi connectivity index (χ4n) is 4.53. The highest BCUT2D eigenvalue weighted by molar-refractivity contribution is 9.10. The van der Waals surface area contributed by atoms with Crippen LogP contribution in [0.15, 0.2) is 112 Å². The highest BCUT2D eigenvalue weighted by atomic mass is 79.9. The Kier molecular flexibility index (Phi) is 8.03. The SMILES string of the molecule is COC(=O)c1cc2cc(Br)ccc2cc1Oc1ccccc1CC(=O)c1ccc(-c2ccccc2S(N)(=O)=O)cc1. The lowest BCUT2D eigenvalue weighted by atomic mass is 9.99. The second kappa shape index (κ2) is 11.7. The lowest BCUT2D eigenvalue weighted by Crippen LogP contribution is -2.13. The number of primary sulfonamides is 1. The van der Waals surface area contributed by atoms with E-state index in [1.54, 1.807) is 72.8 Å². The highest BCUT2D eigenvalue weighted by Gasteiger charge is 2.19. The molecule has 0 spiro atoms. The van der Waals surface area contributed by atoms with E-state index in [2.05, 4.69) is 15.9 Å². The molecule has 0 fully saturated rings. The van der Waals surface area contributed by atoms with Crippen LogP contribution in [0.25, 0.3) is 21.9 Å². The van der Waals surface area contributed by atoms with Gasteiger partial charge in [-0.15, -0.1) is 0 Å². The standard InChI is InChI=1S/C32H24BrNO6S/c1-39-32(36)27-17-24-16-25(33)15-14-22(24)19-30(27)40-29-8-4-2-6-23(29)18-28(35)21-12-10-20(11-13-21)26-7-3-5-9-31(26)41(34,37)38/h2-17,19H,18H2,1H3,(H2,34,37,38). The minimum atomic E-state index is -3.92. The first-order chi connectivity index (χ1) is 19.6. The van der Waals surface area contributed by atoms with Crippen LogP contribution >= 0.6 is 15.9 Å².